The predicted octanol–water partition coefficient (Wildman–Crippen LogP) is 2.35. The van der Waals surface area contributed by atoms with Crippen molar-refractivity contribution in [2.45, 2.75) is 38.6 Å². The number of rotatable bonds is 3. The normalized spacial score (nSPS) is 30.4. The molecule has 3 rings (SSSR count). The Morgan fingerprint density at radius 3 is 3.11 bits per heavy atom. The van der Waals surface area contributed by atoms with E-state index in [1.165, 1.54) is 19.3 Å². The van der Waals surface area contributed by atoms with Crippen LogP contribution in [0.1, 0.15) is 41.6 Å². The number of hydrogen-bond acceptors (Lipinski definition) is 3. The SMILES string of the molecule is Cc1cncc(C(=O)CC2CC[C@H]3NCC[C@@H]23)c1. The number of aromatic nitrogens is 1. The second-order valence-electron chi connectivity index (χ2n) is 5.73. The first-order chi connectivity index (χ1) is 8.74. The van der Waals surface area contributed by atoms with E-state index in [2.05, 4.69) is 10.3 Å². The van der Waals surface area contributed by atoms with Crippen LogP contribution in [0.15, 0.2) is 18.5 Å². The number of ketones is 1. The summed E-state index contributed by atoms with van der Waals surface area (Å²) < 4.78 is 0. The van der Waals surface area contributed by atoms with Crippen LogP contribution >= 0.6 is 0 Å². The molecule has 18 heavy (non-hydrogen) atoms. The van der Waals surface area contributed by atoms with Crippen LogP contribution in [0.2, 0.25) is 0 Å². The number of hydrogen-bond donors (Lipinski definition) is 1. The highest BCUT2D eigenvalue weighted by atomic mass is 16.1. The van der Waals surface area contributed by atoms with Crippen LogP contribution in [0, 0.1) is 18.8 Å². The largest absolute Gasteiger partial charge is 0.314 e. The Morgan fingerprint density at radius 2 is 2.28 bits per heavy atom. The zero-order valence-electron chi connectivity index (χ0n) is 10.9. The summed E-state index contributed by atoms with van der Waals surface area (Å²) in [5.74, 6) is 1.58. The van der Waals surface area contributed by atoms with Gasteiger partial charge in [-0.05, 0) is 56.2 Å². The van der Waals surface area contributed by atoms with Gasteiger partial charge in [0.05, 0.1) is 0 Å². The third-order valence-electron chi connectivity index (χ3n) is 4.50. The smallest absolute Gasteiger partial charge is 0.164 e. The van der Waals surface area contributed by atoms with Crippen molar-refractivity contribution in [3.8, 4) is 0 Å². The van der Waals surface area contributed by atoms with Gasteiger partial charge in [0.25, 0.3) is 0 Å². The molecule has 0 spiro atoms. The molecule has 2 fully saturated rings. The van der Waals surface area contributed by atoms with Crippen LogP contribution in [0.25, 0.3) is 0 Å². The average Bonchev–Trinajstić information content (AvgIpc) is 2.94. The van der Waals surface area contributed by atoms with Crippen LogP contribution < -0.4 is 5.32 Å². The average molecular weight is 244 g/mol. The summed E-state index contributed by atoms with van der Waals surface area (Å²) in [5.41, 5.74) is 1.84. The van der Waals surface area contributed by atoms with Gasteiger partial charge >= 0.3 is 0 Å². The van der Waals surface area contributed by atoms with Gasteiger partial charge in [0.1, 0.15) is 0 Å². The van der Waals surface area contributed by atoms with E-state index in [1.54, 1.807) is 12.4 Å². The minimum absolute atomic E-state index is 0.267. The molecule has 3 atom stereocenters. The number of carbonyl (C=O) groups is 1. The van der Waals surface area contributed by atoms with Crippen LogP contribution in [0.3, 0.4) is 0 Å². The van der Waals surface area contributed by atoms with Gasteiger partial charge in [-0.3, -0.25) is 9.78 Å². The van der Waals surface area contributed by atoms with Crippen molar-refractivity contribution in [3.05, 3.63) is 29.6 Å². The fourth-order valence-corrected chi connectivity index (χ4v) is 3.59. The van der Waals surface area contributed by atoms with Gasteiger partial charge in [-0.1, -0.05) is 0 Å². The monoisotopic (exact) mass is 244 g/mol. The molecule has 96 valence electrons. The van der Waals surface area contributed by atoms with E-state index >= 15 is 0 Å². The number of nitrogens with one attached hydrogen (secondary N) is 1. The van der Waals surface area contributed by atoms with Crippen molar-refractivity contribution < 1.29 is 4.79 Å². The quantitative estimate of drug-likeness (QED) is 0.830. The molecule has 0 radical (unpaired) electrons. The Kier molecular flexibility index (Phi) is 3.16. The standard InChI is InChI=1S/C15H20N2O/c1-10-6-12(9-16-8-10)15(18)7-11-2-3-14-13(11)4-5-17-14/h6,8-9,11,13-14,17H,2-5,7H2,1H3/t11?,13-,14+/m0/s1. The minimum Gasteiger partial charge on any atom is -0.314 e. The molecular weight excluding hydrogens is 224 g/mol. The molecule has 0 bridgehead atoms. The Morgan fingerprint density at radius 1 is 1.39 bits per heavy atom. The molecule has 1 aromatic heterocycles. The number of pyridine rings is 1. The Bertz CT molecular complexity index is 458. The van der Waals surface area contributed by atoms with Crippen LogP contribution in [0.5, 0.6) is 0 Å². The molecule has 1 aliphatic heterocycles. The lowest BCUT2D eigenvalue weighted by atomic mass is 9.88. The van der Waals surface area contributed by atoms with E-state index in [9.17, 15) is 4.79 Å². The zero-order chi connectivity index (χ0) is 12.5. The number of fused-ring (bicyclic) bond motifs is 1. The highest BCUT2D eigenvalue weighted by Crippen LogP contribution is 2.39. The molecular formula is C15H20N2O. The van der Waals surface area contributed by atoms with Crippen molar-refractivity contribution in [2.75, 3.05) is 6.54 Å². The zero-order valence-corrected chi connectivity index (χ0v) is 10.9. The predicted molar refractivity (Wildman–Crippen MR) is 70.5 cm³/mol. The summed E-state index contributed by atoms with van der Waals surface area (Å²) in [6.45, 7) is 3.11. The highest BCUT2D eigenvalue weighted by Gasteiger charge is 2.39. The van der Waals surface area contributed by atoms with Gasteiger partial charge in [-0.25, -0.2) is 0 Å². The van der Waals surface area contributed by atoms with E-state index in [1.807, 2.05) is 13.0 Å². The maximum absolute atomic E-state index is 12.3. The van der Waals surface area contributed by atoms with Gasteiger partial charge in [0, 0.05) is 30.4 Å². The Balaban J connectivity index is 1.68. The first-order valence-electron chi connectivity index (χ1n) is 6.92. The second-order valence-corrected chi connectivity index (χ2v) is 5.73. The van der Waals surface area contributed by atoms with Gasteiger partial charge in [-0.2, -0.15) is 0 Å². The molecule has 3 nitrogen and oxygen atoms in total. The van der Waals surface area contributed by atoms with E-state index in [-0.39, 0.29) is 5.78 Å². The topological polar surface area (TPSA) is 42.0 Å². The van der Waals surface area contributed by atoms with Crippen molar-refractivity contribution in [3.63, 3.8) is 0 Å². The van der Waals surface area contributed by atoms with E-state index in [4.69, 9.17) is 0 Å². The van der Waals surface area contributed by atoms with Gasteiger partial charge in [-0.15, -0.1) is 0 Å². The number of Topliss-reactive ketones (excluding diaryl/α,β-unsaturated/α-hetero) is 1. The van der Waals surface area contributed by atoms with E-state index in [0.717, 1.165) is 23.6 Å². The number of nitrogens with zero attached hydrogens (tertiary/aromatic N) is 1. The summed E-state index contributed by atoms with van der Waals surface area (Å²) in [7, 11) is 0. The molecule has 0 amide bonds. The van der Waals surface area contributed by atoms with Crippen LogP contribution in [-0.2, 0) is 0 Å². The lowest BCUT2D eigenvalue weighted by Gasteiger charge is -2.17. The molecule has 0 aromatic carbocycles. The van der Waals surface area contributed by atoms with E-state index in [0.29, 0.717) is 18.4 Å². The molecule has 1 aromatic rings. The van der Waals surface area contributed by atoms with Crippen molar-refractivity contribution in [2.24, 2.45) is 11.8 Å². The molecule has 3 heteroatoms. The molecule has 2 heterocycles. The lowest BCUT2D eigenvalue weighted by molar-refractivity contribution is 0.0950. The lowest BCUT2D eigenvalue weighted by Crippen LogP contribution is -2.24. The molecule has 1 unspecified atom stereocenters. The Labute approximate surface area is 108 Å². The van der Waals surface area contributed by atoms with Crippen molar-refractivity contribution >= 4 is 5.78 Å². The Hall–Kier alpha value is -1.22. The van der Waals surface area contributed by atoms with Crippen molar-refractivity contribution in [1.29, 1.82) is 0 Å². The molecule has 1 saturated carbocycles. The number of carbonyl (C=O) groups excluding carboxylic acids is 1. The minimum atomic E-state index is 0.267. The summed E-state index contributed by atoms with van der Waals surface area (Å²) >= 11 is 0. The van der Waals surface area contributed by atoms with Gasteiger partial charge < -0.3 is 5.32 Å². The highest BCUT2D eigenvalue weighted by molar-refractivity contribution is 5.96. The van der Waals surface area contributed by atoms with Crippen molar-refractivity contribution in [1.82, 2.24) is 10.3 Å². The summed E-state index contributed by atoms with van der Waals surface area (Å²) in [6, 6.07) is 2.63. The fourth-order valence-electron chi connectivity index (χ4n) is 3.59. The summed E-state index contributed by atoms with van der Waals surface area (Å²) in [6.07, 6.45) is 7.89. The second kappa shape index (κ2) is 4.81. The van der Waals surface area contributed by atoms with Gasteiger partial charge in [0.2, 0.25) is 0 Å². The third-order valence-corrected chi connectivity index (χ3v) is 4.50. The maximum atomic E-state index is 12.3. The first kappa shape index (κ1) is 11.8. The third kappa shape index (κ3) is 2.19. The fraction of sp³-hybridized carbons (Fsp3) is 0.600. The molecule has 2 aliphatic rings. The first-order valence-corrected chi connectivity index (χ1v) is 6.92. The van der Waals surface area contributed by atoms with Crippen LogP contribution in [0.4, 0.5) is 0 Å². The summed E-state index contributed by atoms with van der Waals surface area (Å²) in [4.78, 5) is 16.4. The molecule has 1 N–H and O–H groups in total. The summed E-state index contributed by atoms with van der Waals surface area (Å²) in [5, 5.41) is 3.55. The maximum Gasteiger partial charge on any atom is 0.164 e. The van der Waals surface area contributed by atoms with E-state index < -0.39 is 0 Å². The number of aryl methyl sites for hydroxylation is 1. The molecule has 1 aliphatic carbocycles. The van der Waals surface area contributed by atoms with Crippen LogP contribution in [-0.4, -0.2) is 23.4 Å². The molecule has 1 saturated heterocycles. The van der Waals surface area contributed by atoms with Gasteiger partial charge in [0.15, 0.2) is 5.78 Å².